The van der Waals surface area contributed by atoms with Crippen LogP contribution in [0.4, 0.5) is 8.78 Å². The fraction of sp³-hybridized carbons (Fsp3) is 0.235. The Morgan fingerprint density at radius 3 is 2.52 bits per heavy atom. The van der Waals surface area contributed by atoms with Crippen molar-refractivity contribution in [1.82, 2.24) is 4.90 Å². The zero-order chi connectivity index (χ0) is 16.8. The molecule has 0 aliphatic carbocycles. The average Bonchev–Trinajstić information content (AvgIpc) is 2.52. The lowest BCUT2D eigenvalue weighted by atomic mass is 10.2. The number of nitrogens with zero attached hydrogens (tertiary/aromatic N) is 1. The molecule has 0 saturated carbocycles. The van der Waals surface area contributed by atoms with Gasteiger partial charge in [0, 0.05) is 41.2 Å². The van der Waals surface area contributed by atoms with E-state index < -0.39 is 5.82 Å². The standard InChI is InChI=1S/C17H16ClF2NOS/c1-21(11-12-13(18)5-4-7-14(12)19)17(22)9-10-23-16-8-3-2-6-15(16)20/h2-8H,9-11H2,1H3. The van der Waals surface area contributed by atoms with Crippen LogP contribution in [-0.4, -0.2) is 23.6 Å². The Kier molecular flexibility index (Phi) is 6.42. The highest BCUT2D eigenvalue weighted by Crippen LogP contribution is 2.23. The fourth-order valence-corrected chi connectivity index (χ4v) is 3.11. The molecule has 0 unspecified atom stereocenters. The van der Waals surface area contributed by atoms with Gasteiger partial charge in [0.05, 0.1) is 0 Å². The summed E-state index contributed by atoms with van der Waals surface area (Å²) in [5.74, 6) is -0.419. The molecule has 2 rings (SSSR count). The molecule has 0 aliphatic heterocycles. The Balaban J connectivity index is 1.87. The normalized spacial score (nSPS) is 10.6. The maximum atomic E-state index is 13.7. The second-order valence-corrected chi connectivity index (χ2v) is 6.52. The van der Waals surface area contributed by atoms with E-state index in [0.29, 0.717) is 21.2 Å². The molecule has 0 aliphatic rings. The number of hydrogen-bond donors (Lipinski definition) is 0. The minimum absolute atomic E-state index is 0.106. The summed E-state index contributed by atoms with van der Waals surface area (Å²) in [6.07, 6.45) is 0.238. The molecule has 23 heavy (non-hydrogen) atoms. The molecule has 2 aromatic carbocycles. The highest BCUT2D eigenvalue weighted by atomic mass is 35.5. The smallest absolute Gasteiger partial charge is 0.223 e. The lowest BCUT2D eigenvalue weighted by molar-refractivity contribution is -0.129. The van der Waals surface area contributed by atoms with Gasteiger partial charge in [0.1, 0.15) is 11.6 Å². The minimum atomic E-state index is -0.433. The van der Waals surface area contributed by atoms with Crippen LogP contribution < -0.4 is 0 Å². The van der Waals surface area contributed by atoms with Crippen molar-refractivity contribution in [3.63, 3.8) is 0 Å². The summed E-state index contributed by atoms with van der Waals surface area (Å²) in [5, 5.41) is 0.297. The number of rotatable bonds is 6. The number of hydrogen-bond acceptors (Lipinski definition) is 2. The van der Waals surface area contributed by atoms with Crippen molar-refractivity contribution in [3.05, 3.63) is 64.7 Å². The molecule has 0 radical (unpaired) electrons. The molecule has 0 saturated heterocycles. The molecule has 0 N–H and O–H groups in total. The largest absolute Gasteiger partial charge is 0.341 e. The van der Waals surface area contributed by atoms with Crippen LogP contribution >= 0.6 is 23.4 Å². The van der Waals surface area contributed by atoms with Gasteiger partial charge in [0.2, 0.25) is 5.91 Å². The van der Waals surface area contributed by atoms with Gasteiger partial charge in [-0.25, -0.2) is 8.78 Å². The van der Waals surface area contributed by atoms with E-state index in [-0.39, 0.29) is 24.7 Å². The molecule has 0 heterocycles. The van der Waals surface area contributed by atoms with E-state index in [9.17, 15) is 13.6 Å². The van der Waals surface area contributed by atoms with Gasteiger partial charge in [-0.15, -0.1) is 11.8 Å². The van der Waals surface area contributed by atoms with Crippen molar-refractivity contribution in [2.45, 2.75) is 17.9 Å². The van der Waals surface area contributed by atoms with Crippen molar-refractivity contribution >= 4 is 29.3 Å². The Bertz CT molecular complexity index is 676. The van der Waals surface area contributed by atoms with Crippen molar-refractivity contribution in [3.8, 4) is 0 Å². The molecule has 0 spiro atoms. The highest BCUT2D eigenvalue weighted by Gasteiger charge is 2.14. The minimum Gasteiger partial charge on any atom is -0.341 e. The summed E-state index contributed by atoms with van der Waals surface area (Å²) in [6.45, 7) is 0.106. The Morgan fingerprint density at radius 2 is 1.83 bits per heavy atom. The number of carbonyl (C=O) groups excluding carboxylic acids is 1. The van der Waals surface area contributed by atoms with Crippen LogP contribution in [0.1, 0.15) is 12.0 Å². The van der Waals surface area contributed by atoms with Crippen LogP contribution in [0.2, 0.25) is 5.02 Å². The Hall–Kier alpha value is -1.59. The molecule has 0 fully saturated rings. The number of halogens is 3. The second-order valence-electron chi connectivity index (χ2n) is 4.98. The zero-order valence-corrected chi connectivity index (χ0v) is 14.1. The van der Waals surface area contributed by atoms with Crippen molar-refractivity contribution in [1.29, 1.82) is 0 Å². The van der Waals surface area contributed by atoms with Gasteiger partial charge in [-0.3, -0.25) is 4.79 Å². The van der Waals surface area contributed by atoms with E-state index in [4.69, 9.17) is 11.6 Å². The Labute approximate surface area is 143 Å². The van der Waals surface area contributed by atoms with Crippen molar-refractivity contribution in [2.24, 2.45) is 0 Å². The maximum absolute atomic E-state index is 13.7. The summed E-state index contributed by atoms with van der Waals surface area (Å²) in [4.78, 5) is 14.0. The molecule has 2 nitrogen and oxygen atoms in total. The highest BCUT2D eigenvalue weighted by molar-refractivity contribution is 7.99. The third kappa shape index (κ3) is 4.94. The third-order valence-corrected chi connectivity index (χ3v) is 4.70. The number of amides is 1. The maximum Gasteiger partial charge on any atom is 0.223 e. The molecule has 1 amide bonds. The number of benzene rings is 2. The SMILES string of the molecule is CN(Cc1c(F)cccc1Cl)C(=O)CCSc1ccccc1F. The monoisotopic (exact) mass is 355 g/mol. The van der Waals surface area contributed by atoms with Gasteiger partial charge in [-0.05, 0) is 24.3 Å². The van der Waals surface area contributed by atoms with Crippen LogP contribution in [0.5, 0.6) is 0 Å². The molecule has 0 aromatic heterocycles. The van der Waals surface area contributed by atoms with E-state index in [1.807, 2.05) is 0 Å². The van der Waals surface area contributed by atoms with E-state index in [2.05, 4.69) is 0 Å². The van der Waals surface area contributed by atoms with Crippen molar-refractivity contribution < 1.29 is 13.6 Å². The molecular weight excluding hydrogens is 340 g/mol. The first kappa shape index (κ1) is 17.8. The van der Waals surface area contributed by atoms with Crippen LogP contribution in [0, 0.1) is 11.6 Å². The number of carbonyl (C=O) groups is 1. The lowest BCUT2D eigenvalue weighted by Gasteiger charge is -2.18. The van der Waals surface area contributed by atoms with E-state index >= 15 is 0 Å². The fourth-order valence-electron chi connectivity index (χ4n) is 2.01. The van der Waals surface area contributed by atoms with Gasteiger partial charge in [0.15, 0.2) is 0 Å². The van der Waals surface area contributed by atoms with Gasteiger partial charge >= 0.3 is 0 Å². The first-order valence-electron chi connectivity index (χ1n) is 7.03. The predicted octanol–water partition coefficient (Wildman–Crippen LogP) is 4.76. The van der Waals surface area contributed by atoms with E-state index in [1.54, 1.807) is 31.3 Å². The van der Waals surface area contributed by atoms with Gasteiger partial charge < -0.3 is 4.90 Å². The van der Waals surface area contributed by atoms with Gasteiger partial charge in [0.25, 0.3) is 0 Å². The van der Waals surface area contributed by atoms with E-state index in [1.165, 1.54) is 34.9 Å². The predicted molar refractivity (Wildman–Crippen MR) is 89.6 cm³/mol. The third-order valence-electron chi connectivity index (χ3n) is 3.29. The molecule has 2 aromatic rings. The molecule has 0 bridgehead atoms. The van der Waals surface area contributed by atoms with Gasteiger partial charge in [-0.2, -0.15) is 0 Å². The zero-order valence-electron chi connectivity index (χ0n) is 12.6. The summed E-state index contributed by atoms with van der Waals surface area (Å²) in [6, 6.07) is 10.9. The first-order valence-corrected chi connectivity index (χ1v) is 8.39. The lowest BCUT2D eigenvalue weighted by Crippen LogP contribution is -2.27. The quantitative estimate of drug-likeness (QED) is 0.696. The molecule has 122 valence electrons. The molecular formula is C17H16ClF2NOS. The summed E-state index contributed by atoms with van der Waals surface area (Å²) in [5.41, 5.74) is 0.298. The summed E-state index contributed by atoms with van der Waals surface area (Å²) < 4.78 is 27.2. The van der Waals surface area contributed by atoms with Crippen LogP contribution in [0.15, 0.2) is 47.4 Å². The summed E-state index contributed by atoms with van der Waals surface area (Å²) in [7, 11) is 1.60. The average molecular weight is 356 g/mol. The van der Waals surface area contributed by atoms with Crippen LogP contribution in [0.25, 0.3) is 0 Å². The molecule has 6 heteroatoms. The second kappa shape index (κ2) is 8.31. The van der Waals surface area contributed by atoms with Crippen LogP contribution in [-0.2, 0) is 11.3 Å². The van der Waals surface area contributed by atoms with E-state index in [0.717, 1.165) is 0 Å². The van der Waals surface area contributed by atoms with Crippen LogP contribution in [0.3, 0.4) is 0 Å². The van der Waals surface area contributed by atoms with Gasteiger partial charge in [-0.1, -0.05) is 29.8 Å². The number of thioether (sulfide) groups is 1. The topological polar surface area (TPSA) is 20.3 Å². The first-order chi connectivity index (χ1) is 11.0. The Morgan fingerprint density at radius 1 is 1.13 bits per heavy atom. The summed E-state index contributed by atoms with van der Waals surface area (Å²) >= 11 is 7.24. The molecule has 0 atom stereocenters. The van der Waals surface area contributed by atoms with Crippen molar-refractivity contribution in [2.75, 3.05) is 12.8 Å².